The van der Waals surface area contributed by atoms with E-state index < -0.39 is 10.4 Å². The quantitative estimate of drug-likeness (QED) is 0.462. The lowest BCUT2D eigenvalue weighted by Crippen LogP contribution is -1.97. The highest BCUT2D eigenvalue weighted by molar-refractivity contribution is 8.02. The summed E-state index contributed by atoms with van der Waals surface area (Å²) in [7, 11) is -4.60. The standard InChI is InChI=1S/C9H12O4S2/c1-7-3-8(2)5-9(4-7)6-14-13-15(10,11)12/h3-5H,6H2,1-2H3,(H,10,11,12)/p-1. The van der Waals surface area contributed by atoms with E-state index in [9.17, 15) is 13.0 Å². The van der Waals surface area contributed by atoms with Gasteiger partial charge in [-0.1, -0.05) is 29.3 Å². The van der Waals surface area contributed by atoms with Crippen LogP contribution in [0.3, 0.4) is 0 Å². The van der Waals surface area contributed by atoms with Gasteiger partial charge in [-0.15, -0.1) is 0 Å². The molecule has 0 aliphatic heterocycles. The van der Waals surface area contributed by atoms with E-state index in [0.717, 1.165) is 16.7 Å². The summed E-state index contributed by atoms with van der Waals surface area (Å²) in [5, 5.41) is 0. The predicted molar refractivity (Wildman–Crippen MR) is 58.0 cm³/mol. The third-order valence-electron chi connectivity index (χ3n) is 1.64. The zero-order valence-electron chi connectivity index (χ0n) is 8.39. The fourth-order valence-corrected chi connectivity index (χ4v) is 2.27. The summed E-state index contributed by atoms with van der Waals surface area (Å²) in [6.07, 6.45) is 0. The van der Waals surface area contributed by atoms with Crippen LogP contribution in [0.25, 0.3) is 0 Å². The molecule has 1 rings (SSSR count). The second kappa shape index (κ2) is 4.98. The first kappa shape index (κ1) is 12.5. The monoisotopic (exact) mass is 247 g/mol. The maximum absolute atomic E-state index is 10.2. The first-order valence-corrected chi connectivity index (χ1v) is 6.45. The summed E-state index contributed by atoms with van der Waals surface area (Å²) < 4.78 is 34.5. The van der Waals surface area contributed by atoms with Gasteiger partial charge in [-0.2, -0.15) is 0 Å². The van der Waals surface area contributed by atoms with Crippen molar-refractivity contribution >= 4 is 22.4 Å². The summed E-state index contributed by atoms with van der Waals surface area (Å²) in [6, 6.07) is 5.85. The van der Waals surface area contributed by atoms with Crippen molar-refractivity contribution in [2.75, 3.05) is 0 Å². The molecule has 0 radical (unpaired) electrons. The van der Waals surface area contributed by atoms with Gasteiger partial charge in [0.25, 0.3) is 0 Å². The Hall–Kier alpha value is -0.560. The Bertz CT molecular complexity index is 419. The van der Waals surface area contributed by atoms with Crippen molar-refractivity contribution in [2.45, 2.75) is 19.6 Å². The third-order valence-corrected chi connectivity index (χ3v) is 3.14. The van der Waals surface area contributed by atoms with E-state index in [1.165, 1.54) is 0 Å². The second-order valence-electron chi connectivity index (χ2n) is 3.23. The number of aryl methyl sites for hydroxylation is 2. The van der Waals surface area contributed by atoms with Gasteiger partial charge in [0.05, 0.1) is 0 Å². The van der Waals surface area contributed by atoms with Gasteiger partial charge in [0.2, 0.25) is 10.4 Å². The molecule has 4 nitrogen and oxygen atoms in total. The molecule has 0 N–H and O–H groups in total. The van der Waals surface area contributed by atoms with E-state index in [2.05, 4.69) is 3.63 Å². The second-order valence-corrected chi connectivity index (χ2v) is 5.12. The average molecular weight is 247 g/mol. The van der Waals surface area contributed by atoms with Crippen molar-refractivity contribution in [3.63, 3.8) is 0 Å². The molecule has 84 valence electrons. The lowest BCUT2D eigenvalue weighted by Gasteiger charge is -2.07. The average Bonchev–Trinajstić information content (AvgIpc) is 1.99. The van der Waals surface area contributed by atoms with Crippen LogP contribution in [0, 0.1) is 13.8 Å². The zero-order chi connectivity index (χ0) is 11.5. The van der Waals surface area contributed by atoms with Crippen molar-refractivity contribution in [1.29, 1.82) is 0 Å². The van der Waals surface area contributed by atoms with Crippen LogP contribution in [-0.4, -0.2) is 13.0 Å². The van der Waals surface area contributed by atoms with Gasteiger partial charge >= 0.3 is 0 Å². The van der Waals surface area contributed by atoms with Gasteiger partial charge in [-0.05, 0) is 19.4 Å². The zero-order valence-corrected chi connectivity index (χ0v) is 10.0. The molecular weight excluding hydrogens is 236 g/mol. The Labute approximate surface area is 93.8 Å². The van der Waals surface area contributed by atoms with Crippen molar-refractivity contribution in [3.05, 3.63) is 34.9 Å². The lowest BCUT2D eigenvalue weighted by molar-refractivity contribution is 0.391. The summed E-state index contributed by atoms with van der Waals surface area (Å²) in [6.45, 7) is 3.90. The minimum absolute atomic E-state index is 0.337. The highest BCUT2D eigenvalue weighted by Crippen LogP contribution is 2.17. The molecule has 0 unspecified atom stereocenters. The van der Waals surface area contributed by atoms with Gasteiger partial charge in [0.15, 0.2) is 0 Å². The SMILES string of the molecule is Cc1cc(C)cc(CSOS(=O)(=O)[O-])c1. The van der Waals surface area contributed by atoms with Crippen molar-refractivity contribution in [1.82, 2.24) is 0 Å². The molecule has 0 aliphatic rings. The molecule has 0 heterocycles. The van der Waals surface area contributed by atoms with Gasteiger partial charge in [-0.3, -0.25) is 0 Å². The van der Waals surface area contributed by atoms with Crippen molar-refractivity contribution in [2.24, 2.45) is 0 Å². The molecule has 0 aliphatic carbocycles. The number of rotatable bonds is 4. The molecule has 0 aromatic heterocycles. The van der Waals surface area contributed by atoms with E-state index in [1.807, 2.05) is 32.0 Å². The topological polar surface area (TPSA) is 66.4 Å². The first-order valence-electron chi connectivity index (χ1n) is 4.21. The molecule has 1 aromatic rings. The van der Waals surface area contributed by atoms with E-state index >= 15 is 0 Å². The molecule has 1 aromatic carbocycles. The fourth-order valence-electron chi connectivity index (χ4n) is 1.30. The summed E-state index contributed by atoms with van der Waals surface area (Å²) >= 11 is 0.630. The third kappa shape index (κ3) is 5.17. The Morgan fingerprint density at radius 3 is 2.27 bits per heavy atom. The Morgan fingerprint density at radius 1 is 1.27 bits per heavy atom. The largest absolute Gasteiger partial charge is 0.725 e. The maximum atomic E-state index is 10.2. The molecule has 0 saturated heterocycles. The summed E-state index contributed by atoms with van der Waals surface area (Å²) in [4.78, 5) is 0. The van der Waals surface area contributed by atoms with Crippen LogP contribution >= 0.6 is 12.0 Å². The molecule has 6 heteroatoms. The van der Waals surface area contributed by atoms with Gasteiger partial charge in [0, 0.05) is 17.8 Å². The van der Waals surface area contributed by atoms with Crippen molar-refractivity contribution < 1.29 is 16.6 Å². The predicted octanol–water partition coefficient (Wildman–Crippen LogP) is 1.93. The van der Waals surface area contributed by atoms with Gasteiger partial charge < -0.3 is 4.55 Å². The lowest BCUT2D eigenvalue weighted by atomic mass is 10.1. The van der Waals surface area contributed by atoms with E-state index in [-0.39, 0.29) is 0 Å². The molecule has 0 spiro atoms. The first-order chi connectivity index (χ1) is 6.87. The highest BCUT2D eigenvalue weighted by Gasteiger charge is 2.00. The smallest absolute Gasteiger partial charge is 0.228 e. The Morgan fingerprint density at radius 2 is 1.80 bits per heavy atom. The molecule has 0 amide bonds. The maximum Gasteiger partial charge on any atom is 0.228 e. The van der Waals surface area contributed by atoms with Crippen LogP contribution in [-0.2, 0) is 19.8 Å². The van der Waals surface area contributed by atoms with Gasteiger partial charge in [0.1, 0.15) is 0 Å². The number of benzene rings is 1. The van der Waals surface area contributed by atoms with E-state index in [4.69, 9.17) is 0 Å². The number of hydrogen-bond donors (Lipinski definition) is 0. The van der Waals surface area contributed by atoms with Crippen LogP contribution < -0.4 is 0 Å². The number of hydrogen-bond acceptors (Lipinski definition) is 5. The normalized spacial score (nSPS) is 11.7. The summed E-state index contributed by atoms with van der Waals surface area (Å²) in [5.41, 5.74) is 3.12. The molecule has 0 atom stereocenters. The molecule has 15 heavy (non-hydrogen) atoms. The van der Waals surface area contributed by atoms with Crippen LogP contribution in [0.1, 0.15) is 16.7 Å². The van der Waals surface area contributed by atoms with E-state index in [1.54, 1.807) is 0 Å². The minimum atomic E-state index is -4.60. The minimum Gasteiger partial charge on any atom is -0.725 e. The molecular formula is C9H11O4S2-. The van der Waals surface area contributed by atoms with E-state index in [0.29, 0.717) is 17.8 Å². The molecule has 0 bridgehead atoms. The van der Waals surface area contributed by atoms with Crippen molar-refractivity contribution in [3.8, 4) is 0 Å². The van der Waals surface area contributed by atoms with Crippen LogP contribution in [0.15, 0.2) is 18.2 Å². The Balaban J connectivity index is 2.58. The van der Waals surface area contributed by atoms with Crippen LogP contribution in [0.4, 0.5) is 0 Å². The summed E-state index contributed by atoms with van der Waals surface area (Å²) in [5.74, 6) is 0.337. The molecule has 0 saturated carbocycles. The van der Waals surface area contributed by atoms with Crippen LogP contribution in [0.5, 0.6) is 0 Å². The molecule has 0 fully saturated rings. The Kier molecular flexibility index (Phi) is 4.15. The fraction of sp³-hybridized carbons (Fsp3) is 0.333. The highest BCUT2D eigenvalue weighted by atomic mass is 32.3. The van der Waals surface area contributed by atoms with Gasteiger partial charge in [-0.25, -0.2) is 12.0 Å². The van der Waals surface area contributed by atoms with Crippen LogP contribution in [0.2, 0.25) is 0 Å².